The summed E-state index contributed by atoms with van der Waals surface area (Å²) >= 11 is 0. The Kier molecular flexibility index (Phi) is 5.49. The van der Waals surface area contributed by atoms with E-state index in [4.69, 9.17) is 4.74 Å². The number of hydrogen-bond donors (Lipinski definition) is 2. The highest BCUT2D eigenvalue weighted by molar-refractivity contribution is 6.06. The van der Waals surface area contributed by atoms with Crippen LogP contribution in [0.2, 0.25) is 0 Å². The van der Waals surface area contributed by atoms with Crippen molar-refractivity contribution in [3.05, 3.63) is 23.9 Å². The minimum Gasteiger partial charge on any atom is -0.494 e. The molecule has 0 saturated heterocycles. The summed E-state index contributed by atoms with van der Waals surface area (Å²) < 4.78 is 10.1. The molecular formula is C18H21N5O4. The number of amides is 1. The average molecular weight is 371 g/mol. The minimum absolute atomic E-state index is 0.00708. The topological polar surface area (TPSA) is 115 Å². The quantitative estimate of drug-likeness (QED) is 0.764. The number of rotatable bonds is 5. The second-order valence-corrected chi connectivity index (χ2v) is 6.03. The summed E-state index contributed by atoms with van der Waals surface area (Å²) in [5, 5.41) is 6.44. The van der Waals surface area contributed by atoms with Crippen molar-refractivity contribution in [1.82, 2.24) is 15.3 Å². The molecule has 1 aliphatic heterocycles. The Labute approximate surface area is 156 Å². The minimum atomic E-state index is -0.542. The van der Waals surface area contributed by atoms with Crippen LogP contribution in [0.25, 0.3) is 10.9 Å². The first-order valence-electron chi connectivity index (χ1n) is 8.60. The van der Waals surface area contributed by atoms with E-state index in [1.165, 1.54) is 7.11 Å². The number of carbonyl (C=O) groups excluding carboxylic acids is 2. The summed E-state index contributed by atoms with van der Waals surface area (Å²) in [6, 6.07) is 5.60. The van der Waals surface area contributed by atoms with Gasteiger partial charge in [-0.15, -0.1) is 0 Å². The number of esters is 1. The molecule has 1 atom stereocenters. The molecule has 3 rings (SSSR count). The first-order valence-corrected chi connectivity index (χ1v) is 8.60. The van der Waals surface area contributed by atoms with E-state index in [2.05, 4.69) is 30.3 Å². The van der Waals surface area contributed by atoms with Crippen molar-refractivity contribution in [2.24, 2.45) is 10.9 Å². The number of methoxy groups -OCH3 is 1. The lowest BCUT2D eigenvalue weighted by Crippen LogP contribution is -2.45. The molecule has 0 saturated carbocycles. The maximum absolute atomic E-state index is 12.1. The number of aryl methyl sites for hydroxylation is 1. The van der Waals surface area contributed by atoms with Crippen LogP contribution >= 0.6 is 0 Å². The Bertz CT molecular complexity index is 912. The van der Waals surface area contributed by atoms with Crippen molar-refractivity contribution < 1.29 is 19.1 Å². The van der Waals surface area contributed by atoms with Crippen LogP contribution in [0.4, 0.5) is 5.95 Å². The van der Waals surface area contributed by atoms with E-state index in [1.807, 2.05) is 32.0 Å². The average Bonchev–Trinajstić information content (AvgIpc) is 2.64. The Morgan fingerprint density at radius 2 is 2.19 bits per heavy atom. The molecule has 0 bridgehead atoms. The third-order valence-corrected chi connectivity index (χ3v) is 4.12. The molecule has 0 spiro atoms. The van der Waals surface area contributed by atoms with Gasteiger partial charge in [0, 0.05) is 5.39 Å². The molecule has 0 fully saturated rings. The van der Waals surface area contributed by atoms with Crippen molar-refractivity contribution in [2.45, 2.75) is 20.3 Å². The normalized spacial score (nSPS) is 16.5. The molecule has 0 radical (unpaired) electrons. The van der Waals surface area contributed by atoms with Crippen molar-refractivity contribution in [2.75, 3.05) is 25.6 Å². The molecule has 9 heteroatoms. The Morgan fingerprint density at radius 1 is 1.37 bits per heavy atom. The molecular weight excluding hydrogens is 350 g/mol. The summed E-state index contributed by atoms with van der Waals surface area (Å²) in [4.78, 5) is 36.6. The lowest BCUT2D eigenvalue weighted by atomic mass is 10.0. The van der Waals surface area contributed by atoms with E-state index in [9.17, 15) is 9.59 Å². The molecule has 1 aromatic heterocycles. The van der Waals surface area contributed by atoms with Gasteiger partial charge in [-0.05, 0) is 32.0 Å². The molecule has 0 aliphatic carbocycles. The van der Waals surface area contributed by atoms with Gasteiger partial charge in [0.05, 0.1) is 43.8 Å². The molecule has 9 nitrogen and oxygen atoms in total. The van der Waals surface area contributed by atoms with Gasteiger partial charge in [-0.25, -0.2) is 9.97 Å². The Balaban J connectivity index is 1.76. The fraction of sp³-hybridized carbons (Fsp3) is 0.389. The molecule has 27 heavy (non-hydrogen) atoms. The van der Waals surface area contributed by atoms with Gasteiger partial charge in [0.15, 0.2) is 0 Å². The highest BCUT2D eigenvalue weighted by Gasteiger charge is 2.27. The summed E-state index contributed by atoms with van der Waals surface area (Å²) in [5.41, 5.74) is 1.52. The Morgan fingerprint density at radius 3 is 2.89 bits per heavy atom. The maximum atomic E-state index is 12.1. The van der Waals surface area contributed by atoms with Gasteiger partial charge in [-0.2, -0.15) is 0 Å². The zero-order valence-corrected chi connectivity index (χ0v) is 15.4. The van der Waals surface area contributed by atoms with E-state index in [-0.39, 0.29) is 24.8 Å². The first-order chi connectivity index (χ1) is 13.0. The highest BCUT2D eigenvalue weighted by atomic mass is 16.5. The molecule has 1 aliphatic rings. The van der Waals surface area contributed by atoms with E-state index in [0.29, 0.717) is 12.6 Å². The van der Waals surface area contributed by atoms with Gasteiger partial charge < -0.3 is 9.47 Å². The highest BCUT2D eigenvalue weighted by Crippen LogP contribution is 2.23. The van der Waals surface area contributed by atoms with Gasteiger partial charge in [0.2, 0.25) is 17.8 Å². The summed E-state index contributed by atoms with van der Waals surface area (Å²) in [7, 11) is 1.29. The van der Waals surface area contributed by atoms with Crippen LogP contribution in [0.1, 0.15) is 19.0 Å². The van der Waals surface area contributed by atoms with Gasteiger partial charge in [-0.1, -0.05) is 0 Å². The lowest BCUT2D eigenvalue weighted by molar-refractivity contribution is -0.143. The monoisotopic (exact) mass is 371 g/mol. The van der Waals surface area contributed by atoms with Gasteiger partial charge in [0.25, 0.3) is 0 Å². The van der Waals surface area contributed by atoms with Crippen LogP contribution in [-0.4, -0.2) is 48.1 Å². The number of aliphatic imine (C=N–C) groups is 1. The molecule has 1 aromatic carbocycles. The van der Waals surface area contributed by atoms with Crippen molar-refractivity contribution >= 4 is 34.7 Å². The molecule has 2 N–H and O–H groups in total. The van der Waals surface area contributed by atoms with E-state index >= 15 is 0 Å². The number of fused-ring (bicyclic) bond motifs is 1. The van der Waals surface area contributed by atoms with E-state index in [0.717, 1.165) is 22.3 Å². The van der Waals surface area contributed by atoms with Gasteiger partial charge in [-0.3, -0.25) is 25.2 Å². The number of anilines is 1. The second-order valence-electron chi connectivity index (χ2n) is 6.03. The van der Waals surface area contributed by atoms with E-state index < -0.39 is 11.9 Å². The number of carbonyl (C=O) groups is 2. The lowest BCUT2D eigenvalue weighted by Gasteiger charge is -2.21. The van der Waals surface area contributed by atoms with Crippen molar-refractivity contribution in [3.63, 3.8) is 0 Å². The molecule has 142 valence electrons. The second kappa shape index (κ2) is 7.98. The number of nitrogens with zero attached hydrogens (tertiary/aromatic N) is 3. The predicted molar refractivity (Wildman–Crippen MR) is 99.6 cm³/mol. The number of hydrogen-bond acceptors (Lipinski definition) is 8. The zero-order valence-electron chi connectivity index (χ0n) is 15.4. The fourth-order valence-electron chi connectivity index (χ4n) is 2.73. The zero-order chi connectivity index (χ0) is 19.4. The number of ether oxygens (including phenoxy) is 2. The standard InChI is InChI=1S/C18H21N5O4/c1-4-27-12-5-6-14-13(8-12)10(2)20-18(21-14)23-17-19-9-11(16(25)22-17)7-15(24)26-3/h5-6,8,11H,4,7,9H2,1-3H3,(H2,19,20,21,22,23,25)/t11-/m0/s1. The molecule has 1 amide bonds. The Hall–Kier alpha value is -3.23. The van der Waals surface area contributed by atoms with Crippen LogP contribution in [-0.2, 0) is 14.3 Å². The van der Waals surface area contributed by atoms with Crippen LogP contribution in [0, 0.1) is 12.8 Å². The predicted octanol–water partition coefficient (Wildman–Crippen LogP) is 1.41. The first kappa shape index (κ1) is 18.6. The summed E-state index contributed by atoms with van der Waals surface area (Å²) in [5.74, 6) is 0.0658. The van der Waals surface area contributed by atoms with Gasteiger partial charge in [0.1, 0.15) is 5.75 Å². The van der Waals surface area contributed by atoms with Crippen LogP contribution in [0.3, 0.4) is 0 Å². The molecule has 2 aromatic rings. The van der Waals surface area contributed by atoms with Crippen LogP contribution < -0.4 is 15.4 Å². The largest absolute Gasteiger partial charge is 0.494 e. The maximum Gasteiger partial charge on any atom is 0.306 e. The number of nitrogens with one attached hydrogen (secondary N) is 2. The van der Waals surface area contributed by atoms with Crippen LogP contribution in [0.15, 0.2) is 23.2 Å². The van der Waals surface area contributed by atoms with Crippen LogP contribution in [0.5, 0.6) is 5.75 Å². The molecule has 0 unspecified atom stereocenters. The van der Waals surface area contributed by atoms with E-state index in [1.54, 1.807) is 0 Å². The number of guanidine groups is 1. The summed E-state index contributed by atoms with van der Waals surface area (Å²) in [6.45, 7) is 4.57. The number of aromatic nitrogens is 2. The molecule has 2 heterocycles. The third-order valence-electron chi connectivity index (χ3n) is 4.12. The SMILES string of the molecule is CCOc1ccc2nc(NC3=NC[C@H](CC(=O)OC)C(=O)N3)nc(C)c2c1. The van der Waals surface area contributed by atoms with Crippen molar-refractivity contribution in [1.29, 1.82) is 0 Å². The van der Waals surface area contributed by atoms with Gasteiger partial charge >= 0.3 is 5.97 Å². The smallest absolute Gasteiger partial charge is 0.306 e. The summed E-state index contributed by atoms with van der Waals surface area (Å²) in [6.07, 6.45) is -0.00708. The van der Waals surface area contributed by atoms with Crippen molar-refractivity contribution in [3.8, 4) is 5.75 Å². The number of benzene rings is 1. The fourth-order valence-corrected chi connectivity index (χ4v) is 2.73. The third kappa shape index (κ3) is 4.30.